The van der Waals surface area contributed by atoms with Crippen LogP contribution in [-0.4, -0.2) is 16.8 Å². The molecular weight excluding hydrogens is 290 g/mol. The maximum atomic E-state index is 12.4. The van der Waals surface area contributed by atoms with Gasteiger partial charge in [-0.1, -0.05) is 19.9 Å². The number of carbonyl (C=O) groups excluding carboxylic acids is 2. The van der Waals surface area contributed by atoms with E-state index in [0.29, 0.717) is 18.5 Å². The molecule has 2 aromatic rings. The lowest BCUT2D eigenvalue weighted by Gasteiger charge is -2.32. The van der Waals surface area contributed by atoms with Crippen LogP contribution in [0.5, 0.6) is 0 Å². The van der Waals surface area contributed by atoms with Crippen molar-refractivity contribution in [2.75, 3.05) is 5.32 Å². The molecule has 0 bridgehead atoms. The van der Waals surface area contributed by atoms with E-state index in [1.807, 2.05) is 32.0 Å². The number of hydrogen-bond acceptors (Lipinski definition) is 3. The van der Waals surface area contributed by atoms with Gasteiger partial charge in [-0.15, -0.1) is 0 Å². The Kier molecular flexibility index (Phi) is 3.86. The number of fused-ring (bicyclic) bond motifs is 1. The Bertz CT molecular complexity index is 754. The van der Waals surface area contributed by atoms with Crippen molar-refractivity contribution >= 4 is 17.5 Å². The zero-order valence-corrected chi connectivity index (χ0v) is 13.2. The Balaban J connectivity index is 1.79. The number of benzene rings is 1. The van der Waals surface area contributed by atoms with E-state index in [1.54, 1.807) is 24.5 Å². The number of nitrogens with one attached hydrogen (secondary N) is 2. The van der Waals surface area contributed by atoms with Gasteiger partial charge in [0.25, 0.3) is 5.91 Å². The Hall–Kier alpha value is -2.69. The van der Waals surface area contributed by atoms with Gasteiger partial charge in [0.2, 0.25) is 5.91 Å². The molecule has 118 valence electrons. The van der Waals surface area contributed by atoms with E-state index in [4.69, 9.17) is 0 Å². The summed E-state index contributed by atoms with van der Waals surface area (Å²) in [5.74, 6) is -0.124. The average molecular weight is 309 g/mol. The minimum Gasteiger partial charge on any atom is -0.348 e. The van der Waals surface area contributed by atoms with Crippen LogP contribution in [0.15, 0.2) is 42.7 Å². The SMILES string of the molecule is CC1(C)CC(=O)Nc2ccc(C(=O)NCc3cccnc3)cc21. The van der Waals surface area contributed by atoms with Gasteiger partial charge < -0.3 is 10.6 Å². The van der Waals surface area contributed by atoms with Crippen LogP contribution < -0.4 is 10.6 Å². The molecule has 0 saturated carbocycles. The van der Waals surface area contributed by atoms with Crippen LogP contribution in [0, 0.1) is 0 Å². The molecule has 1 aliphatic rings. The summed E-state index contributed by atoms with van der Waals surface area (Å²) in [6.07, 6.45) is 3.84. The quantitative estimate of drug-likeness (QED) is 0.915. The molecule has 0 fully saturated rings. The predicted octanol–water partition coefficient (Wildman–Crippen LogP) is 2.63. The predicted molar refractivity (Wildman–Crippen MR) is 88.1 cm³/mol. The molecule has 5 heteroatoms. The van der Waals surface area contributed by atoms with Crippen LogP contribution in [-0.2, 0) is 16.8 Å². The maximum Gasteiger partial charge on any atom is 0.251 e. The highest BCUT2D eigenvalue weighted by Gasteiger charge is 2.32. The molecule has 5 nitrogen and oxygen atoms in total. The van der Waals surface area contributed by atoms with Crippen LogP contribution in [0.4, 0.5) is 5.69 Å². The Morgan fingerprint density at radius 1 is 1.35 bits per heavy atom. The van der Waals surface area contributed by atoms with Crippen LogP contribution in [0.25, 0.3) is 0 Å². The summed E-state index contributed by atoms with van der Waals surface area (Å²) in [5.41, 5.74) is 3.04. The number of pyridine rings is 1. The third-order valence-electron chi connectivity index (χ3n) is 4.06. The van der Waals surface area contributed by atoms with E-state index in [9.17, 15) is 9.59 Å². The lowest BCUT2D eigenvalue weighted by atomic mass is 9.77. The van der Waals surface area contributed by atoms with Gasteiger partial charge in [-0.05, 0) is 35.4 Å². The second kappa shape index (κ2) is 5.83. The monoisotopic (exact) mass is 309 g/mol. The van der Waals surface area contributed by atoms with Gasteiger partial charge in [0.05, 0.1) is 0 Å². The summed E-state index contributed by atoms with van der Waals surface area (Å²) in [4.78, 5) is 28.1. The summed E-state index contributed by atoms with van der Waals surface area (Å²) < 4.78 is 0. The van der Waals surface area contributed by atoms with Crippen molar-refractivity contribution in [3.63, 3.8) is 0 Å². The molecule has 2 amide bonds. The van der Waals surface area contributed by atoms with Crippen molar-refractivity contribution in [2.24, 2.45) is 0 Å². The summed E-state index contributed by atoms with van der Waals surface area (Å²) in [6, 6.07) is 9.16. The van der Waals surface area contributed by atoms with Crippen LogP contribution in [0.1, 0.15) is 41.8 Å². The number of rotatable bonds is 3. The molecule has 0 unspecified atom stereocenters. The van der Waals surface area contributed by atoms with E-state index in [-0.39, 0.29) is 17.2 Å². The second-order valence-corrected chi connectivity index (χ2v) is 6.41. The molecule has 1 aliphatic heterocycles. The van der Waals surface area contributed by atoms with Crippen molar-refractivity contribution < 1.29 is 9.59 Å². The fourth-order valence-corrected chi connectivity index (χ4v) is 2.83. The van der Waals surface area contributed by atoms with Gasteiger partial charge in [0.1, 0.15) is 0 Å². The molecule has 0 saturated heterocycles. The molecule has 23 heavy (non-hydrogen) atoms. The standard InChI is InChI=1S/C18H19N3O2/c1-18(2)9-16(22)21-15-6-5-13(8-14(15)18)17(23)20-11-12-4-3-7-19-10-12/h3-8,10H,9,11H2,1-2H3,(H,20,23)(H,21,22). The number of anilines is 1. The lowest BCUT2D eigenvalue weighted by molar-refractivity contribution is -0.117. The third kappa shape index (κ3) is 3.23. The van der Waals surface area contributed by atoms with E-state index >= 15 is 0 Å². The summed E-state index contributed by atoms with van der Waals surface area (Å²) >= 11 is 0. The minimum atomic E-state index is -0.280. The molecule has 1 aromatic heterocycles. The molecule has 1 aromatic carbocycles. The maximum absolute atomic E-state index is 12.4. The summed E-state index contributed by atoms with van der Waals surface area (Å²) in [6.45, 7) is 4.47. The van der Waals surface area contributed by atoms with Gasteiger partial charge in [-0.3, -0.25) is 14.6 Å². The molecule has 0 radical (unpaired) electrons. The van der Waals surface area contributed by atoms with Gasteiger partial charge in [-0.2, -0.15) is 0 Å². The molecule has 0 atom stereocenters. The molecule has 3 rings (SSSR count). The van der Waals surface area contributed by atoms with E-state index < -0.39 is 0 Å². The molecular formula is C18H19N3O2. The normalized spacial score (nSPS) is 15.5. The topological polar surface area (TPSA) is 71.1 Å². The Morgan fingerprint density at radius 2 is 2.17 bits per heavy atom. The molecule has 0 aliphatic carbocycles. The highest BCUT2D eigenvalue weighted by atomic mass is 16.2. The number of aromatic nitrogens is 1. The number of nitrogens with zero attached hydrogens (tertiary/aromatic N) is 1. The number of carbonyl (C=O) groups is 2. The number of amides is 2. The molecule has 0 spiro atoms. The largest absolute Gasteiger partial charge is 0.348 e. The summed E-state index contributed by atoms with van der Waals surface area (Å²) in [7, 11) is 0. The number of hydrogen-bond donors (Lipinski definition) is 2. The summed E-state index contributed by atoms with van der Waals surface area (Å²) in [5, 5.41) is 5.75. The smallest absolute Gasteiger partial charge is 0.251 e. The molecule has 2 heterocycles. The van der Waals surface area contributed by atoms with Crippen LogP contribution >= 0.6 is 0 Å². The highest BCUT2D eigenvalue weighted by molar-refractivity contribution is 5.98. The molecule has 2 N–H and O–H groups in total. The zero-order valence-electron chi connectivity index (χ0n) is 13.2. The van der Waals surface area contributed by atoms with Crippen molar-refractivity contribution in [3.05, 3.63) is 59.4 Å². The van der Waals surface area contributed by atoms with Gasteiger partial charge >= 0.3 is 0 Å². The average Bonchev–Trinajstić information content (AvgIpc) is 2.52. The fourth-order valence-electron chi connectivity index (χ4n) is 2.83. The first-order chi connectivity index (χ1) is 11.0. The first-order valence-electron chi connectivity index (χ1n) is 7.57. The zero-order chi connectivity index (χ0) is 16.4. The highest BCUT2D eigenvalue weighted by Crippen LogP contribution is 2.37. The van der Waals surface area contributed by atoms with Crippen LogP contribution in [0.2, 0.25) is 0 Å². The first kappa shape index (κ1) is 15.2. The lowest BCUT2D eigenvalue weighted by Crippen LogP contribution is -2.33. The van der Waals surface area contributed by atoms with E-state index in [1.165, 1.54) is 0 Å². The Labute approximate surface area is 135 Å². The van der Waals surface area contributed by atoms with Crippen molar-refractivity contribution in [2.45, 2.75) is 32.2 Å². The first-order valence-corrected chi connectivity index (χ1v) is 7.57. The van der Waals surface area contributed by atoms with Gasteiger partial charge in [0.15, 0.2) is 0 Å². The van der Waals surface area contributed by atoms with Gasteiger partial charge in [-0.25, -0.2) is 0 Å². The van der Waals surface area contributed by atoms with E-state index in [2.05, 4.69) is 15.6 Å². The third-order valence-corrected chi connectivity index (χ3v) is 4.06. The van der Waals surface area contributed by atoms with Crippen LogP contribution in [0.3, 0.4) is 0 Å². The minimum absolute atomic E-state index is 0.0104. The van der Waals surface area contributed by atoms with Gasteiger partial charge in [0, 0.05) is 42.0 Å². The second-order valence-electron chi connectivity index (χ2n) is 6.41. The van der Waals surface area contributed by atoms with Crippen molar-refractivity contribution in [1.29, 1.82) is 0 Å². The van der Waals surface area contributed by atoms with Crippen molar-refractivity contribution in [1.82, 2.24) is 10.3 Å². The Morgan fingerprint density at radius 3 is 2.91 bits per heavy atom. The van der Waals surface area contributed by atoms with E-state index in [0.717, 1.165) is 16.8 Å². The fraction of sp³-hybridized carbons (Fsp3) is 0.278. The van der Waals surface area contributed by atoms with Crippen molar-refractivity contribution in [3.8, 4) is 0 Å².